The Kier molecular flexibility index (Phi) is 5.62. The number of nitrogens with zero attached hydrogens (tertiary/aromatic N) is 4. The van der Waals surface area contributed by atoms with Crippen LogP contribution in [0.3, 0.4) is 0 Å². The zero-order valence-electron chi connectivity index (χ0n) is 16.2. The maximum absolute atomic E-state index is 13.0. The van der Waals surface area contributed by atoms with Crippen molar-refractivity contribution in [1.82, 2.24) is 20.2 Å². The lowest BCUT2D eigenvalue weighted by Gasteiger charge is -2.22. The number of benzene rings is 2. The van der Waals surface area contributed by atoms with Gasteiger partial charge in [0.1, 0.15) is 11.6 Å². The van der Waals surface area contributed by atoms with E-state index in [9.17, 15) is 4.79 Å². The average Bonchev–Trinajstić information content (AvgIpc) is 3.39. The van der Waals surface area contributed by atoms with Crippen molar-refractivity contribution in [2.24, 2.45) is 5.10 Å². The second-order valence-electron chi connectivity index (χ2n) is 6.64. The summed E-state index contributed by atoms with van der Waals surface area (Å²) in [5, 5.41) is 13.7. The topological polar surface area (TPSA) is 83.5 Å². The van der Waals surface area contributed by atoms with Gasteiger partial charge in [-0.05, 0) is 30.2 Å². The number of methoxy groups -OCH3 is 1. The number of H-pyrrole nitrogens is 1. The summed E-state index contributed by atoms with van der Waals surface area (Å²) in [7, 11) is 1.64. The number of aromatic amines is 1. The lowest BCUT2D eigenvalue weighted by molar-refractivity contribution is -0.130. The predicted octanol–water partition coefficient (Wildman–Crippen LogP) is 3.59. The molecule has 1 aliphatic heterocycles. The number of carbonyl (C=O) groups excluding carboxylic acids is 1. The molecule has 1 atom stereocenters. The van der Waals surface area contributed by atoms with Crippen LogP contribution in [-0.2, 0) is 4.79 Å². The summed E-state index contributed by atoms with van der Waals surface area (Å²) >= 11 is 1.30. The van der Waals surface area contributed by atoms with Crippen molar-refractivity contribution >= 4 is 23.4 Å². The van der Waals surface area contributed by atoms with Gasteiger partial charge in [-0.2, -0.15) is 5.10 Å². The van der Waals surface area contributed by atoms with E-state index in [0.717, 1.165) is 28.4 Å². The average molecular weight is 407 g/mol. The molecule has 0 bridgehead atoms. The molecule has 7 nitrogen and oxygen atoms in total. The summed E-state index contributed by atoms with van der Waals surface area (Å²) in [6, 6.07) is 17.6. The molecule has 0 saturated carbocycles. The first-order valence-corrected chi connectivity index (χ1v) is 10.2. The van der Waals surface area contributed by atoms with Crippen molar-refractivity contribution in [2.45, 2.75) is 24.5 Å². The monoisotopic (exact) mass is 407 g/mol. The van der Waals surface area contributed by atoms with Crippen LogP contribution >= 0.6 is 11.8 Å². The number of rotatable bonds is 6. The Morgan fingerprint density at radius 1 is 1.21 bits per heavy atom. The van der Waals surface area contributed by atoms with Crippen LogP contribution in [-0.4, -0.2) is 44.7 Å². The summed E-state index contributed by atoms with van der Waals surface area (Å²) in [6.07, 6.45) is 0.659. The van der Waals surface area contributed by atoms with Gasteiger partial charge in [0.25, 0.3) is 5.91 Å². The Morgan fingerprint density at radius 3 is 2.62 bits per heavy atom. The SMILES string of the molecule is COc1ccc(C2CC(c3ccccc3)=NN2C(=O)CSc2n[nH]c(C)n2)cc1. The second kappa shape index (κ2) is 8.48. The van der Waals surface area contributed by atoms with Gasteiger partial charge in [0.05, 0.1) is 24.6 Å². The standard InChI is InChI=1S/C21H21N5O2S/c1-14-22-21(24-23-14)29-13-20(27)26-19(16-8-10-17(28-2)11-9-16)12-18(25-26)15-6-4-3-5-7-15/h3-11,19H,12-13H2,1-2H3,(H,22,23,24). The van der Waals surface area contributed by atoms with E-state index in [1.807, 2.05) is 61.5 Å². The van der Waals surface area contributed by atoms with E-state index in [1.165, 1.54) is 11.8 Å². The third-order valence-corrected chi connectivity index (χ3v) is 5.51. The number of amides is 1. The molecule has 3 aromatic rings. The maximum Gasteiger partial charge on any atom is 0.253 e. The van der Waals surface area contributed by atoms with Crippen LogP contribution < -0.4 is 4.74 Å². The lowest BCUT2D eigenvalue weighted by Crippen LogP contribution is -2.28. The molecule has 2 aromatic carbocycles. The molecule has 1 aliphatic rings. The Labute approximate surface area is 173 Å². The molecule has 4 rings (SSSR count). The number of nitrogens with one attached hydrogen (secondary N) is 1. The van der Waals surface area contributed by atoms with Gasteiger partial charge < -0.3 is 4.74 Å². The Balaban J connectivity index is 1.57. The van der Waals surface area contributed by atoms with Crippen molar-refractivity contribution in [3.63, 3.8) is 0 Å². The zero-order valence-corrected chi connectivity index (χ0v) is 17.0. The number of hydrogen-bond acceptors (Lipinski definition) is 6. The normalized spacial score (nSPS) is 16.0. The molecule has 1 unspecified atom stereocenters. The molecule has 1 N–H and O–H groups in total. The minimum Gasteiger partial charge on any atom is -0.497 e. The van der Waals surface area contributed by atoms with Crippen molar-refractivity contribution in [1.29, 1.82) is 0 Å². The lowest BCUT2D eigenvalue weighted by atomic mass is 9.98. The molecule has 0 fully saturated rings. The predicted molar refractivity (Wildman–Crippen MR) is 112 cm³/mol. The summed E-state index contributed by atoms with van der Waals surface area (Å²) < 4.78 is 5.26. The van der Waals surface area contributed by atoms with Crippen LogP contribution in [0.4, 0.5) is 0 Å². The molecule has 1 amide bonds. The minimum absolute atomic E-state index is 0.0794. The number of carbonyl (C=O) groups is 1. The van der Waals surface area contributed by atoms with E-state index in [2.05, 4.69) is 20.3 Å². The van der Waals surface area contributed by atoms with Gasteiger partial charge in [-0.1, -0.05) is 54.2 Å². The number of hydrazone groups is 1. The Bertz CT molecular complexity index is 1020. The smallest absolute Gasteiger partial charge is 0.253 e. The van der Waals surface area contributed by atoms with E-state index in [4.69, 9.17) is 4.74 Å². The third-order valence-electron chi connectivity index (χ3n) is 4.67. The van der Waals surface area contributed by atoms with Crippen molar-refractivity contribution in [3.05, 3.63) is 71.5 Å². The van der Waals surface area contributed by atoms with Gasteiger partial charge in [-0.3, -0.25) is 9.89 Å². The molecule has 1 aromatic heterocycles. The second-order valence-corrected chi connectivity index (χ2v) is 7.58. The van der Waals surface area contributed by atoms with Crippen LogP contribution in [0.25, 0.3) is 0 Å². The zero-order chi connectivity index (χ0) is 20.2. The molecule has 8 heteroatoms. The first-order valence-electron chi connectivity index (χ1n) is 9.25. The number of thioether (sulfide) groups is 1. The molecule has 29 heavy (non-hydrogen) atoms. The number of aryl methyl sites for hydroxylation is 1. The summed E-state index contributed by atoms with van der Waals surface area (Å²) in [4.78, 5) is 17.3. The minimum atomic E-state index is -0.155. The maximum atomic E-state index is 13.0. The highest BCUT2D eigenvalue weighted by Gasteiger charge is 2.33. The van der Waals surface area contributed by atoms with Crippen LogP contribution in [0.1, 0.15) is 29.4 Å². The molecule has 0 spiro atoms. The first-order chi connectivity index (χ1) is 14.1. The van der Waals surface area contributed by atoms with Gasteiger partial charge >= 0.3 is 0 Å². The fraction of sp³-hybridized carbons (Fsp3) is 0.238. The van der Waals surface area contributed by atoms with Gasteiger partial charge in [-0.25, -0.2) is 9.99 Å². The van der Waals surface area contributed by atoms with Gasteiger partial charge in [-0.15, -0.1) is 5.10 Å². The highest BCUT2D eigenvalue weighted by molar-refractivity contribution is 7.99. The van der Waals surface area contributed by atoms with E-state index in [0.29, 0.717) is 11.6 Å². The number of ether oxygens (including phenoxy) is 1. The first kappa shape index (κ1) is 19.2. The highest BCUT2D eigenvalue weighted by atomic mass is 32.2. The third kappa shape index (κ3) is 4.32. The summed E-state index contributed by atoms with van der Waals surface area (Å²) in [6.45, 7) is 1.83. The molecule has 2 heterocycles. The van der Waals surface area contributed by atoms with E-state index >= 15 is 0 Å². The Hall–Kier alpha value is -3.13. The van der Waals surface area contributed by atoms with Crippen LogP contribution in [0.5, 0.6) is 5.75 Å². The summed E-state index contributed by atoms with van der Waals surface area (Å²) in [5.74, 6) is 1.64. The van der Waals surface area contributed by atoms with Crippen molar-refractivity contribution in [3.8, 4) is 5.75 Å². The van der Waals surface area contributed by atoms with Crippen molar-refractivity contribution in [2.75, 3.05) is 12.9 Å². The molecular weight excluding hydrogens is 386 g/mol. The van der Waals surface area contributed by atoms with Crippen LogP contribution in [0.15, 0.2) is 64.9 Å². The molecule has 0 aliphatic carbocycles. The van der Waals surface area contributed by atoms with E-state index < -0.39 is 0 Å². The fourth-order valence-electron chi connectivity index (χ4n) is 3.21. The van der Waals surface area contributed by atoms with Gasteiger partial charge in [0, 0.05) is 6.42 Å². The number of hydrogen-bond donors (Lipinski definition) is 1. The molecule has 0 radical (unpaired) electrons. The molecule has 148 valence electrons. The van der Waals surface area contributed by atoms with E-state index in [1.54, 1.807) is 12.1 Å². The van der Waals surface area contributed by atoms with Crippen LogP contribution in [0, 0.1) is 6.92 Å². The van der Waals surface area contributed by atoms with Gasteiger partial charge in [0.15, 0.2) is 0 Å². The summed E-state index contributed by atoms with van der Waals surface area (Å²) in [5.41, 5.74) is 2.95. The van der Waals surface area contributed by atoms with Gasteiger partial charge in [0.2, 0.25) is 5.16 Å². The van der Waals surface area contributed by atoms with Crippen molar-refractivity contribution < 1.29 is 9.53 Å². The molecule has 0 saturated heterocycles. The fourth-order valence-corrected chi connectivity index (χ4v) is 3.91. The quantitative estimate of drug-likeness (QED) is 0.632. The largest absolute Gasteiger partial charge is 0.497 e. The van der Waals surface area contributed by atoms with Crippen LogP contribution in [0.2, 0.25) is 0 Å². The highest BCUT2D eigenvalue weighted by Crippen LogP contribution is 2.34. The Morgan fingerprint density at radius 2 is 1.97 bits per heavy atom. The number of aromatic nitrogens is 3. The van der Waals surface area contributed by atoms with E-state index in [-0.39, 0.29) is 17.7 Å². The molecular formula is C21H21N5O2S.